The molecule has 0 aliphatic rings. The number of nitrogens with zero attached hydrogens (tertiary/aromatic N) is 2. The monoisotopic (exact) mass is 459 g/mol. The van der Waals surface area contributed by atoms with Crippen molar-refractivity contribution in [3.8, 4) is 0 Å². The van der Waals surface area contributed by atoms with Crippen molar-refractivity contribution in [1.29, 1.82) is 0 Å². The van der Waals surface area contributed by atoms with E-state index in [9.17, 15) is 9.90 Å². The second kappa shape index (κ2) is 10.9. The molecule has 2 aromatic heterocycles. The van der Waals surface area contributed by atoms with Crippen LogP contribution in [-0.4, -0.2) is 32.7 Å². The largest absolute Gasteiger partial charge is 0.480 e. The molecule has 0 bridgehead atoms. The normalized spacial score (nSPS) is 13.3. The highest BCUT2D eigenvalue weighted by molar-refractivity contribution is 7.09. The van der Waals surface area contributed by atoms with E-state index in [1.165, 1.54) is 0 Å². The van der Waals surface area contributed by atoms with Gasteiger partial charge in [0.15, 0.2) is 0 Å². The zero-order chi connectivity index (χ0) is 22.3. The third-order valence-corrected chi connectivity index (χ3v) is 6.78. The van der Waals surface area contributed by atoms with Crippen LogP contribution in [0.25, 0.3) is 0 Å². The van der Waals surface area contributed by atoms with Crippen molar-refractivity contribution in [3.05, 3.63) is 75.0 Å². The smallest absolute Gasteiger partial charge is 0.323 e. The van der Waals surface area contributed by atoms with E-state index in [-0.39, 0.29) is 0 Å². The van der Waals surface area contributed by atoms with Gasteiger partial charge in [-0.3, -0.25) is 4.79 Å². The summed E-state index contributed by atoms with van der Waals surface area (Å²) in [5.41, 5.74) is 1.13. The average molecular weight is 460 g/mol. The SMILES string of the molecule is CCCCc1ncc(CCNC(C)(Cc2cccs2)C(=O)O)n1Cc1ccccc1Cl. The van der Waals surface area contributed by atoms with Gasteiger partial charge in [0, 0.05) is 47.6 Å². The van der Waals surface area contributed by atoms with Crippen LogP contribution in [0.2, 0.25) is 5.02 Å². The Morgan fingerprint density at radius 3 is 2.74 bits per heavy atom. The molecule has 0 spiro atoms. The van der Waals surface area contributed by atoms with E-state index in [2.05, 4.69) is 21.8 Å². The molecule has 0 aliphatic carbocycles. The summed E-state index contributed by atoms with van der Waals surface area (Å²) in [5.74, 6) is 0.213. The Balaban J connectivity index is 1.73. The minimum atomic E-state index is -1.01. The predicted octanol–water partition coefficient (Wildman–Crippen LogP) is 5.21. The number of aryl methyl sites for hydroxylation is 1. The molecular weight excluding hydrogens is 430 g/mol. The lowest BCUT2D eigenvalue weighted by atomic mass is 9.96. The number of carboxylic acid groups (broad SMARTS) is 1. The minimum absolute atomic E-state index is 0.459. The summed E-state index contributed by atoms with van der Waals surface area (Å²) in [6.45, 7) is 5.14. The van der Waals surface area contributed by atoms with Crippen LogP contribution < -0.4 is 5.32 Å². The molecule has 0 aliphatic heterocycles. The van der Waals surface area contributed by atoms with Crippen LogP contribution in [-0.2, 0) is 30.6 Å². The van der Waals surface area contributed by atoms with Crippen LogP contribution >= 0.6 is 22.9 Å². The number of aromatic nitrogens is 2. The Bertz CT molecular complexity index is 987. The molecule has 3 aromatic rings. The molecule has 2 heterocycles. The number of carboxylic acids is 1. The number of unbranched alkanes of at least 4 members (excludes halogenated alkanes) is 1. The number of aliphatic carboxylic acids is 1. The first-order valence-electron chi connectivity index (χ1n) is 10.7. The van der Waals surface area contributed by atoms with E-state index in [0.29, 0.717) is 25.9 Å². The van der Waals surface area contributed by atoms with Crippen molar-refractivity contribution in [2.75, 3.05) is 6.54 Å². The summed E-state index contributed by atoms with van der Waals surface area (Å²) >= 11 is 7.99. The van der Waals surface area contributed by atoms with E-state index in [1.54, 1.807) is 18.3 Å². The van der Waals surface area contributed by atoms with E-state index in [1.807, 2.05) is 48.0 Å². The van der Waals surface area contributed by atoms with E-state index in [0.717, 1.165) is 46.2 Å². The number of rotatable bonds is 12. The third-order valence-electron chi connectivity index (χ3n) is 5.54. The summed E-state index contributed by atoms with van der Waals surface area (Å²) in [5, 5.41) is 15.8. The average Bonchev–Trinajstić information content (AvgIpc) is 3.38. The molecule has 31 heavy (non-hydrogen) atoms. The van der Waals surface area contributed by atoms with Crippen LogP contribution in [0.1, 0.15) is 48.6 Å². The molecule has 1 unspecified atom stereocenters. The number of hydrogen-bond acceptors (Lipinski definition) is 4. The van der Waals surface area contributed by atoms with Gasteiger partial charge in [-0.15, -0.1) is 11.3 Å². The number of nitrogens with one attached hydrogen (secondary N) is 1. The Kier molecular flexibility index (Phi) is 8.29. The molecule has 7 heteroatoms. The van der Waals surface area contributed by atoms with E-state index >= 15 is 0 Å². The van der Waals surface area contributed by atoms with Gasteiger partial charge in [-0.1, -0.05) is 49.2 Å². The zero-order valence-corrected chi connectivity index (χ0v) is 19.7. The molecule has 3 rings (SSSR count). The number of halogens is 1. The highest BCUT2D eigenvalue weighted by atomic mass is 35.5. The van der Waals surface area contributed by atoms with Gasteiger partial charge in [0.05, 0.1) is 6.54 Å². The zero-order valence-electron chi connectivity index (χ0n) is 18.1. The van der Waals surface area contributed by atoms with Crippen LogP contribution in [0.4, 0.5) is 0 Å². The molecule has 166 valence electrons. The quantitative estimate of drug-likeness (QED) is 0.390. The maximum atomic E-state index is 12.0. The molecule has 5 nitrogen and oxygen atoms in total. The first kappa shape index (κ1) is 23.5. The van der Waals surface area contributed by atoms with Crippen molar-refractivity contribution < 1.29 is 9.90 Å². The van der Waals surface area contributed by atoms with Gasteiger partial charge in [0.25, 0.3) is 0 Å². The first-order chi connectivity index (χ1) is 14.9. The van der Waals surface area contributed by atoms with Crippen molar-refractivity contribution in [3.63, 3.8) is 0 Å². The molecule has 0 saturated carbocycles. The lowest BCUT2D eigenvalue weighted by Crippen LogP contribution is -2.51. The Morgan fingerprint density at radius 1 is 1.26 bits per heavy atom. The van der Waals surface area contributed by atoms with E-state index < -0.39 is 11.5 Å². The summed E-state index contributed by atoms with van der Waals surface area (Å²) in [7, 11) is 0. The number of imidazole rings is 1. The molecule has 0 amide bonds. The number of carbonyl (C=O) groups is 1. The molecule has 1 aromatic carbocycles. The second-order valence-electron chi connectivity index (χ2n) is 8.02. The number of hydrogen-bond donors (Lipinski definition) is 2. The summed E-state index contributed by atoms with van der Waals surface area (Å²) < 4.78 is 2.23. The molecule has 1 atom stereocenters. The summed E-state index contributed by atoms with van der Waals surface area (Å²) in [6.07, 6.45) is 6.17. The van der Waals surface area contributed by atoms with Gasteiger partial charge in [-0.25, -0.2) is 4.98 Å². The maximum Gasteiger partial charge on any atom is 0.323 e. The van der Waals surface area contributed by atoms with Crippen LogP contribution in [0, 0.1) is 0 Å². The van der Waals surface area contributed by atoms with Gasteiger partial charge < -0.3 is 15.0 Å². The summed E-state index contributed by atoms with van der Waals surface area (Å²) in [6, 6.07) is 11.8. The lowest BCUT2D eigenvalue weighted by molar-refractivity contribution is -0.144. The van der Waals surface area contributed by atoms with Crippen molar-refractivity contribution in [2.24, 2.45) is 0 Å². The number of benzene rings is 1. The van der Waals surface area contributed by atoms with Crippen molar-refractivity contribution in [1.82, 2.24) is 14.9 Å². The molecule has 0 radical (unpaired) electrons. The Labute approximate surface area is 193 Å². The highest BCUT2D eigenvalue weighted by Gasteiger charge is 2.33. The fourth-order valence-electron chi connectivity index (χ4n) is 3.62. The minimum Gasteiger partial charge on any atom is -0.480 e. The highest BCUT2D eigenvalue weighted by Crippen LogP contribution is 2.21. The van der Waals surface area contributed by atoms with Gasteiger partial charge >= 0.3 is 5.97 Å². The lowest BCUT2D eigenvalue weighted by Gasteiger charge is -2.26. The Hall–Kier alpha value is -2.15. The standard InChI is InChI=1S/C24H30ClN3O2S/c1-3-4-11-22-26-16-19(28(22)17-18-8-5-6-10-21(18)25)12-13-27-24(2,23(29)30)15-20-9-7-14-31-20/h5-10,14,16,27H,3-4,11-13,15,17H2,1-2H3,(H,29,30). The fraction of sp³-hybridized carbons (Fsp3) is 0.417. The predicted molar refractivity (Wildman–Crippen MR) is 127 cm³/mol. The topological polar surface area (TPSA) is 67.2 Å². The van der Waals surface area contributed by atoms with Gasteiger partial charge in [0.2, 0.25) is 0 Å². The van der Waals surface area contributed by atoms with Crippen molar-refractivity contribution in [2.45, 2.75) is 58.0 Å². The fourth-order valence-corrected chi connectivity index (χ4v) is 4.68. The van der Waals surface area contributed by atoms with Gasteiger partial charge in [-0.2, -0.15) is 0 Å². The van der Waals surface area contributed by atoms with Gasteiger partial charge in [-0.05, 0) is 36.4 Å². The van der Waals surface area contributed by atoms with Crippen LogP contribution in [0.3, 0.4) is 0 Å². The Morgan fingerprint density at radius 2 is 2.06 bits per heavy atom. The maximum absolute atomic E-state index is 12.0. The van der Waals surface area contributed by atoms with Crippen molar-refractivity contribution >= 4 is 28.9 Å². The summed E-state index contributed by atoms with van der Waals surface area (Å²) in [4.78, 5) is 17.7. The third kappa shape index (κ3) is 6.19. The van der Waals surface area contributed by atoms with E-state index in [4.69, 9.17) is 11.6 Å². The first-order valence-corrected chi connectivity index (χ1v) is 12.0. The number of thiophene rings is 1. The second-order valence-corrected chi connectivity index (χ2v) is 9.46. The van der Waals surface area contributed by atoms with Gasteiger partial charge in [0.1, 0.15) is 11.4 Å². The van der Waals surface area contributed by atoms with Crippen LogP contribution in [0.15, 0.2) is 48.0 Å². The molecular formula is C24H30ClN3O2S. The van der Waals surface area contributed by atoms with Crippen LogP contribution in [0.5, 0.6) is 0 Å². The molecule has 0 fully saturated rings. The molecule has 2 N–H and O–H groups in total. The molecule has 0 saturated heterocycles.